The molecule has 0 unspecified atom stereocenters. The van der Waals surface area contributed by atoms with E-state index in [0.717, 1.165) is 6.07 Å². The van der Waals surface area contributed by atoms with E-state index in [2.05, 4.69) is 16.6 Å². The minimum absolute atomic E-state index is 0.112. The molecule has 1 aliphatic rings. The zero-order valence-corrected chi connectivity index (χ0v) is 14.4. The van der Waals surface area contributed by atoms with Gasteiger partial charge in [-0.15, -0.1) is 0 Å². The third-order valence-corrected chi connectivity index (χ3v) is 5.03. The monoisotopic (exact) mass is 374 g/mol. The number of benzene rings is 2. The van der Waals surface area contributed by atoms with Gasteiger partial charge in [-0.3, -0.25) is 4.90 Å². The molecule has 1 N–H and O–H groups in total. The molecule has 6 nitrogen and oxygen atoms in total. The molecule has 0 aromatic heterocycles. The molecule has 0 aliphatic carbocycles. The average Bonchev–Trinajstić information content (AvgIpc) is 3.05. The lowest BCUT2D eigenvalue weighted by Gasteiger charge is -2.11. The third-order valence-electron chi connectivity index (χ3n) is 3.63. The van der Waals surface area contributed by atoms with Gasteiger partial charge in [-0.25, -0.2) is 17.6 Å². The maximum absolute atomic E-state index is 13.1. The maximum Gasteiger partial charge on any atom is 0.414 e. The summed E-state index contributed by atoms with van der Waals surface area (Å²) in [6, 6.07) is 11.7. The smallest absolute Gasteiger partial charge is 0.414 e. The van der Waals surface area contributed by atoms with Gasteiger partial charge in [-0.05, 0) is 42.5 Å². The highest BCUT2D eigenvalue weighted by atomic mass is 32.2. The fourth-order valence-corrected chi connectivity index (χ4v) is 3.30. The number of ether oxygens (including phenoxy) is 1. The number of hydrogen-bond acceptors (Lipinski definition) is 4. The molecule has 2 aromatic rings. The molecule has 0 spiro atoms. The topological polar surface area (TPSA) is 75.7 Å². The van der Waals surface area contributed by atoms with Crippen LogP contribution >= 0.6 is 0 Å². The summed E-state index contributed by atoms with van der Waals surface area (Å²) in [6.07, 6.45) is -0.379. The number of halogens is 1. The average molecular weight is 374 g/mol. The van der Waals surface area contributed by atoms with E-state index in [9.17, 15) is 17.6 Å². The van der Waals surface area contributed by atoms with Gasteiger partial charge in [0.25, 0.3) is 0 Å². The van der Waals surface area contributed by atoms with Gasteiger partial charge in [0.2, 0.25) is 10.0 Å². The number of amides is 1. The quantitative estimate of drug-likeness (QED) is 0.832. The number of nitrogens with one attached hydrogen (secondary N) is 1. The van der Waals surface area contributed by atoms with Gasteiger partial charge < -0.3 is 4.74 Å². The predicted octanol–water partition coefficient (Wildman–Crippen LogP) is 2.11. The van der Waals surface area contributed by atoms with Crippen molar-refractivity contribution in [3.05, 3.63) is 59.9 Å². The Morgan fingerprint density at radius 2 is 1.96 bits per heavy atom. The molecule has 1 fully saturated rings. The standard InChI is InChI=1S/C18H15FN2O4S/c19-15-4-1-5-17(13-15)26(23,24)20-10-2-3-14-6-8-16(9-7-14)21-11-12-25-18(21)22/h1,4-9,13,20H,10-12H2. The van der Waals surface area contributed by atoms with Crippen LogP contribution in [-0.4, -0.2) is 34.2 Å². The number of rotatable bonds is 4. The summed E-state index contributed by atoms with van der Waals surface area (Å²) < 4.78 is 44.3. The molecule has 0 radical (unpaired) electrons. The van der Waals surface area contributed by atoms with Gasteiger partial charge in [-0.1, -0.05) is 17.9 Å². The second kappa shape index (κ2) is 7.56. The van der Waals surface area contributed by atoms with E-state index < -0.39 is 15.8 Å². The fourth-order valence-electron chi connectivity index (χ4n) is 2.35. The zero-order valence-electron chi connectivity index (χ0n) is 13.6. The van der Waals surface area contributed by atoms with Crippen LogP contribution in [0.4, 0.5) is 14.9 Å². The Bertz CT molecular complexity index is 978. The SMILES string of the molecule is O=C1OCCN1c1ccc(C#CCNS(=O)(=O)c2cccc(F)c2)cc1. The van der Waals surface area contributed by atoms with Crippen LogP contribution in [0.25, 0.3) is 0 Å². The molecule has 0 bridgehead atoms. The van der Waals surface area contributed by atoms with Crippen molar-refractivity contribution in [2.24, 2.45) is 0 Å². The number of carbonyl (C=O) groups is 1. The van der Waals surface area contributed by atoms with Crippen molar-refractivity contribution in [3.8, 4) is 11.8 Å². The summed E-state index contributed by atoms with van der Waals surface area (Å²) in [5.41, 5.74) is 1.39. The number of cyclic esters (lactones) is 1. The molecule has 0 atom stereocenters. The summed E-state index contributed by atoms with van der Waals surface area (Å²) in [4.78, 5) is 12.9. The predicted molar refractivity (Wildman–Crippen MR) is 93.6 cm³/mol. The Labute approximate surface area is 150 Å². The van der Waals surface area contributed by atoms with Crippen LogP contribution in [0.5, 0.6) is 0 Å². The molecule has 1 heterocycles. The third kappa shape index (κ3) is 4.20. The molecular weight excluding hydrogens is 359 g/mol. The van der Waals surface area contributed by atoms with Crippen molar-refractivity contribution in [2.45, 2.75) is 4.90 Å². The van der Waals surface area contributed by atoms with Crippen molar-refractivity contribution < 1.29 is 22.3 Å². The van der Waals surface area contributed by atoms with Gasteiger partial charge in [0.1, 0.15) is 12.4 Å². The molecule has 1 saturated heterocycles. The first-order chi connectivity index (χ1) is 12.5. The molecule has 1 amide bonds. The lowest BCUT2D eigenvalue weighted by atomic mass is 10.2. The van der Waals surface area contributed by atoms with Crippen molar-refractivity contribution in [1.29, 1.82) is 0 Å². The molecular formula is C18H15FN2O4S. The van der Waals surface area contributed by atoms with Gasteiger partial charge in [-0.2, -0.15) is 4.72 Å². The first-order valence-corrected chi connectivity index (χ1v) is 9.22. The summed E-state index contributed by atoms with van der Waals surface area (Å²) in [7, 11) is -3.81. The molecule has 26 heavy (non-hydrogen) atoms. The molecule has 1 aliphatic heterocycles. The van der Waals surface area contributed by atoms with Crippen molar-refractivity contribution in [2.75, 3.05) is 24.6 Å². The zero-order chi connectivity index (χ0) is 18.6. The summed E-state index contributed by atoms with van der Waals surface area (Å²) in [6.45, 7) is 0.761. The van der Waals surface area contributed by atoms with Crippen LogP contribution in [0, 0.1) is 17.7 Å². The van der Waals surface area contributed by atoms with Gasteiger partial charge in [0.05, 0.1) is 18.0 Å². The molecule has 2 aromatic carbocycles. The van der Waals surface area contributed by atoms with Crippen LogP contribution in [0.3, 0.4) is 0 Å². The Morgan fingerprint density at radius 3 is 2.62 bits per heavy atom. The Morgan fingerprint density at radius 1 is 1.19 bits per heavy atom. The van der Waals surface area contributed by atoms with E-state index in [-0.39, 0.29) is 17.5 Å². The van der Waals surface area contributed by atoms with E-state index >= 15 is 0 Å². The van der Waals surface area contributed by atoms with Gasteiger partial charge >= 0.3 is 6.09 Å². The highest BCUT2D eigenvalue weighted by Crippen LogP contribution is 2.18. The van der Waals surface area contributed by atoms with E-state index in [4.69, 9.17) is 4.74 Å². The number of anilines is 1. The van der Waals surface area contributed by atoms with Crippen LogP contribution < -0.4 is 9.62 Å². The Kier molecular flexibility index (Phi) is 5.21. The van der Waals surface area contributed by atoms with Crippen LogP contribution in [0.15, 0.2) is 53.4 Å². The molecule has 8 heteroatoms. The summed E-state index contributed by atoms with van der Waals surface area (Å²) in [5.74, 6) is 4.90. The Balaban J connectivity index is 1.60. The Hall–Kier alpha value is -2.89. The fraction of sp³-hybridized carbons (Fsp3) is 0.167. The molecule has 3 rings (SSSR count). The first-order valence-electron chi connectivity index (χ1n) is 7.74. The number of carbonyl (C=O) groups excluding carboxylic acids is 1. The van der Waals surface area contributed by atoms with Gasteiger partial charge in [0.15, 0.2) is 0 Å². The first kappa shape index (κ1) is 17.9. The van der Waals surface area contributed by atoms with Crippen LogP contribution in [0.1, 0.15) is 5.56 Å². The summed E-state index contributed by atoms with van der Waals surface area (Å²) in [5, 5.41) is 0. The van der Waals surface area contributed by atoms with E-state index in [1.165, 1.54) is 23.1 Å². The number of nitrogens with zero attached hydrogens (tertiary/aromatic N) is 1. The maximum atomic E-state index is 13.1. The largest absolute Gasteiger partial charge is 0.447 e. The van der Waals surface area contributed by atoms with Crippen LogP contribution in [0.2, 0.25) is 0 Å². The molecule has 134 valence electrons. The van der Waals surface area contributed by atoms with Gasteiger partial charge in [0, 0.05) is 11.3 Å². The highest BCUT2D eigenvalue weighted by Gasteiger charge is 2.23. The molecule has 0 saturated carbocycles. The normalized spacial score (nSPS) is 13.9. The second-order valence-electron chi connectivity index (χ2n) is 5.40. The van der Waals surface area contributed by atoms with Crippen molar-refractivity contribution in [1.82, 2.24) is 4.72 Å². The van der Waals surface area contributed by atoms with Crippen molar-refractivity contribution >= 4 is 21.8 Å². The minimum atomic E-state index is -3.81. The van der Waals surface area contributed by atoms with E-state index in [1.54, 1.807) is 24.3 Å². The lowest BCUT2D eigenvalue weighted by molar-refractivity contribution is 0.181. The lowest BCUT2D eigenvalue weighted by Crippen LogP contribution is -2.24. The number of hydrogen-bond donors (Lipinski definition) is 1. The summed E-state index contributed by atoms with van der Waals surface area (Å²) >= 11 is 0. The van der Waals surface area contributed by atoms with E-state index in [1.807, 2.05) is 0 Å². The van der Waals surface area contributed by atoms with E-state index in [0.29, 0.717) is 24.4 Å². The second-order valence-corrected chi connectivity index (χ2v) is 7.16. The van der Waals surface area contributed by atoms with Crippen molar-refractivity contribution in [3.63, 3.8) is 0 Å². The highest BCUT2D eigenvalue weighted by molar-refractivity contribution is 7.89. The van der Waals surface area contributed by atoms with Crippen LogP contribution in [-0.2, 0) is 14.8 Å². The minimum Gasteiger partial charge on any atom is -0.447 e. The number of sulfonamides is 1.